The molecule has 110 valence electrons. The number of hydrogen-bond donors (Lipinski definition) is 2. The van der Waals surface area contributed by atoms with Gasteiger partial charge in [-0.3, -0.25) is 4.79 Å². The topological polar surface area (TPSA) is 41.1 Å². The zero-order valence-electron chi connectivity index (χ0n) is 12.2. The molecule has 0 radical (unpaired) electrons. The molecular formula is C17H19FN2O. The summed E-state index contributed by atoms with van der Waals surface area (Å²) in [6, 6.07) is 14.1. The van der Waals surface area contributed by atoms with E-state index in [-0.39, 0.29) is 11.7 Å². The largest absolute Gasteiger partial charge is 0.374 e. The summed E-state index contributed by atoms with van der Waals surface area (Å²) in [6.07, 6.45) is 0. The number of rotatable bonds is 5. The van der Waals surface area contributed by atoms with Gasteiger partial charge in [-0.2, -0.15) is 0 Å². The second-order valence-corrected chi connectivity index (χ2v) is 5.03. The van der Waals surface area contributed by atoms with Crippen LogP contribution in [-0.2, 0) is 11.3 Å². The fraction of sp³-hybridized carbons (Fsp3) is 0.235. The van der Waals surface area contributed by atoms with E-state index in [0.717, 1.165) is 5.56 Å². The standard InChI is InChI=1S/C17H19FN2O/c1-12-8-9-15(10-16(12)18)20-13(2)17(21)19-11-14-6-4-3-5-7-14/h3-10,13,20H,11H2,1-2H3,(H,19,21). The van der Waals surface area contributed by atoms with E-state index >= 15 is 0 Å². The fourth-order valence-electron chi connectivity index (χ4n) is 1.94. The molecule has 0 spiro atoms. The van der Waals surface area contributed by atoms with Crippen molar-refractivity contribution in [2.75, 3.05) is 5.32 Å². The normalized spacial score (nSPS) is 11.8. The van der Waals surface area contributed by atoms with Crippen molar-refractivity contribution in [1.82, 2.24) is 5.32 Å². The molecule has 2 rings (SSSR count). The second kappa shape index (κ2) is 6.88. The first-order valence-electron chi connectivity index (χ1n) is 6.90. The predicted octanol–water partition coefficient (Wildman–Crippen LogP) is 3.25. The molecule has 0 bridgehead atoms. The molecule has 3 nitrogen and oxygen atoms in total. The molecule has 2 aromatic rings. The zero-order valence-corrected chi connectivity index (χ0v) is 12.2. The Bertz CT molecular complexity index is 613. The molecule has 1 unspecified atom stereocenters. The van der Waals surface area contributed by atoms with Gasteiger partial charge < -0.3 is 10.6 Å². The molecule has 1 amide bonds. The van der Waals surface area contributed by atoms with Gasteiger partial charge in [0.05, 0.1) is 0 Å². The Morgan fingerprint density at radius 1 is 1.19 bits per heavy atom. The molecule has 0 aliphatic heterocycles. The molecule has 0 saturated heterocycles. The van der Waals surface area contributed by atoms with Crippen molar-refractivity contribution in [2.45, 2.75) is 26.4 Å². The van der Waals surface area contributed by atoms with Gasteiger partial charge in [-0.1, -0.05) is 36.4 Å². The van der Waals surface area contributed by atoms with E-state index in [0.29, 0.717) is 17.8 Å². The van der Waals surface area contributed by atoms with Crippen LogP contribution in [-0.4, -0.2) is 11.9 Å². The highest BCUT2D eigenvalue weighted by Gasteiger charge is 2.12. The third-order valence-electron chi connectivity index (χ3n) is 3.26. The first-order valence-corrected chi connectivity index (χ1v) is 6.90. The Hall–Kier alpha value is -2.36. The smallest absolute Gasteiger partial charge is 0.242 e. The molecule has 2 N–H and O–H groups in total. The number of carbonyl (C=O) groups is 1. The molecule has 0 saturated carbocycles. The van der Waals surface area contributed by atoms with Crippen LogP contribution < -0.4 is 10.6 Å². The summed E-state index contributed by atoms with van der Waals surface area (Å²) in [5, 5.41) is 5.84. The molecule has 0 aliphatic carbocycles. The predicted molar refractivity (Wildman–Crippen MR) is 82.5 cm³/mol. The Labute approximate surface area is 124 Å². The van der Waals surface area contributed by atoms with Gasteiger partial charge in [-0.05, 0) is 37.1 Å². The summed E-state index contributed by atoms with van der Waals surface area (Å²) < 4.78 is 13.5. The zero-order chi connectivity index (χ0) is 15.2. The summed E-state index contributed by atoms with van der Waals surface area (Å²) >= 11 is 0. The summed E-state index contributed by atoms with van der Waals surface area (Å²) in [6.45, 7) is 3.93. The average molecular weight is 286 g/mol. The van der Waals surface area contributed by atoms with Crippen molar-refractivity contribution in [2.24, 2.45) is 0 Å². The minimum atomic E-state index is -0.434. The lowest BCUT2D eigenvalue weighted by molar-refractivity contribution is -0.121. The van der Waals surface area contributed by atoms with E-state index < -0.39 is 6.04 Å². The van der Waals surface area contributed by atoms with Crippen molar-refractivity contribution in [1.29, 1.82) is 0 Å². The van der Waals surface area contributed by atoms with Crippen molar-refractivity contribution < 1.29 is 9.18 Å². The maximum atomic E-state index is 13.5. The highest BCUT2D eigenvalue weighted by Crippen LogP contribution is 2.14. The number of benzene rings is 2. The third kappa shape index (κ3) is 4.31. The van der Waals surface area contributed by atoms with Gasteiger partial charge in [0.15, 0.2) is 0 Å². The second-order valence-electron chi connectivity index (χ2n) is 5.03. The van der Waals surface area contributed by atoms with Crippen LogP contribution in [0.1, 0.15) is 18.1 Å². The number of halogens is 1. The number of nitrogens with one attached hydrogen (secondary N) is 2. The van der Waals surface area contributed by atoms with Crippen LogP contribution >= 0.6 is 0 Å². The van der Waals surface area contributed by atoms with Crippen LogP contribution in [0.15, 0.2) is 48.5 Å². The highest BCUT2D eigenvalue weighted by atomic mass is 19.1. The van der Waals surface area contributed by atoms with Crippen LogP contribution in [0.4, 0.5) is 10.1 Å². The molecule has 2 aromatic carbocycles. The number of anilines is 1. The third-order valence-corrected chi connectivity index (χ3v) is 3.26. The fourth-order valence-corrected chi connectivity index (χ4v) is 1.94. The van der Waals surface area contributed by atoms with Crippen LogP contribution in [0.2, 0.25) is 0 Å². The van der Waals surface area contributed by atoms with Crippen molar-refractivity contribution >= 4 is 11.6 Å². The van der Waals surface area contributed by atoms with Crippen LogP contribution in [0.5, 0.6) is 0 Å². The van der Waals surface area contributed by atoms with E-state index in [9.17, 15) is 9.18 Å². The Balaban J connectivity index is 1.88. The van der Waals surface area contributed by atoms with Crippen LogP contribution in [0.25, 0.3) is 0 Å². The van der Waals surface area contributed by atoms with Gasteiger partial charge in [0.25, 0.3) is 0 Å². The number of amides is 1. The van der Waals surface area contributed by atoms with E-state index in [2.05, 4.69) is 10.6 Å². The molecule has 0 aliphatic rings. The maximum Gasteiger partial charge on any atom is 0.242 e. The summed E-state index contributed by atoms with van der Waals surface area (Å²) in [5.41, 5.74) is 2.22. The molecule has 0 aromatic heterocycles. The molecular weight excluding hydrogens is 267 g/mol. The summed E-state index contributed by atoms with van der Waals surface area (Å²) in [4.78, 5) is 12.0. The highest BCUT2D eigenvalue weighted by molar-refractivity contribution is 5.84. The number of hydrogen-bond acceptors (Lipinski definition) is 2. The summed E-state index contributed by atoms with van der Waals surface area (Å²) in [5.74, 6) is -0.406. The minimum absolute atomic E-state index is 0.125. The van der Waals surface area contributed by atoms with E-state index in [4.69, 9.17) is 0 Å². The lowest BCUT2D eigenvalue weighted by Crippen LogP contribution is -2.37. The molecule has 1 atom stereocenters. The van der Waals surface area contributed by atoms with Gasteiger partial charge in [-0.15, -0.1) is 0 Å². The molecule has 21 heavy (non-hydrogen) atoms. The van der Waals surface area contributed by atoms with Crippen molar-refractivity contribution in [3.05, 3.63) is 65.5 Å². The van der Waals surface area contributed by atoms with Gasteiger partial charge in [0.1, 0.15) is 11.9 Å². The lowest BCUT2D eigenvalue weighted by Gasteiger charge is -2.15. The first-order chi connectivity index (χ1) is 10.1. The van der Waals surface area contributed by atoms with E-state index in [1.54, 1.807) is 26.0 Å². The van der Waals surface area contributed by atoms with Gasteiger partial charge >= 0.3 is 0 Å². The Morgan fingerprint density at radius 3 is 2.57 bits per heavy atom. The Kier molecular flexibility index (Phi) is 4.93. The monoisotopic (exact) mass is 286 g/mol. The van der Waals surface area contributed by atoms with E-state index in [1.807, 2.05) is 30.3 Å². The molecule has 4 heteroatoms. The van der Waals surface area contributed by atoms with Gasteiger partial charge in [0.2, 0.25) is 5.91 Å². The molecule has 0 fully saturated rings. The van der Waals surface area contributed by atoms with Crippen LogP contribution in [0.3, 0.4) is 0 Å². The summed E-state index contributed by atoms with van der Waals surface area (Å²) in [7, 11) is 0. The van der Waals surface area contributed by atoms with Crippen molar-refractivity contribution in [3.63, 3.8) is 0 Å². The number of carbonyl (C=O) groups excluding carboxylic acids is 1. The molecule has 0 heterocycles. The van der Waals surface area contributed by atoms with Crippen molar-refractivity contribution in [3.8, 4) is 0 Å². The minimum Gasteiger partial charge on any atom is -0.374 e. The SMILES string of the molecule is Cc1ccc(NC(C)C(=O)NCc2ccccc2)cc1F. The first kappa shape index (κ1) is 15.0. The van der Waals surface area contributed by atoms with Crippen LogP contribution in [0, 0.1) is 12.7 Å². The lowest BCUT2D eigenvalue weighted by atomic mass is 10.2. The quantitative estimate of drug-likeness (QED) is 0.886. The average Bonchev–Trinajstić information content (AvgIpc) is 2.49. The maximum absolute atomic E-state index is 13.5. The number of aryl methyl sites for hydroxylation is 1. The van der Waals surface area contributed by atoms with E-state index in [1.165, 1.54) is 6.07 Å². The van der Waals surface area contributed by atoms with Gasteiger partial charge in [-0.25, -0.2) is 4.39 Å². The Morgan fingerprint density at radius 2 is 1.90 bits per heavy atom. The van der Waals surface area contributed by atoms with Gasteiger partial charge in [0, 0.05) is 12.2 Å².